The van der Waals surface area contributed by atoms with E-state index in [0.717, 1.165) is 14.8 Å². The first-order valence-electron chi connectivity index (χ1n) is 9.48. The highest BCUT2D eigenvalue weighted by Gasteiger charge is 2.26. The molecule has 2 N–H and O–H groups in total. The fourth-order valence-electron chi connectivity index (χ4n) is 3.27. The Labute approximate surface area is 199 Å². The van der Waals surface area contributed by atoms with Crippen molar-refractivity contribution in [1.82, 2.24) is 19.5 Å². The molecule has 6 nitrogen and oxygen atoms in total. The molecule has 9 heteroatoms. The Balaban J connectivity index is 1.79. The van der Waals surface area contributed by atoms with Crippen molar-refractivity contribution in [1.29, 1.82) is 0 Å². The number of nitrogens with zero attached hydrogens (tertiary/aromatic N) is 2. The first kappa shape index (κ1) is 21.9. The van der Waals surface area contributed by atoms with Crippen molar-refractivity contribution >= 4 is 44.8 Å². The van der Waals surface area contributed by atoms with Crippen LogP contribution in [-0.2, 0) is 16.4 Å². The van der Waals surface area contributed by atoms with Gasteiger partial charge in [-0.2, -0.15) is 5.10 Å². The summed E-state index contributed by atoms with van der Waals surface area (Å²) in [5.41, 5.74) is 1.79. The number of aromatic nitrogens is 3. The molecule has 1 atom stereocenters. The second-order valence-electron chi connectivity index (χ2n) is 6.88. The van der Waals surface area contributed by atoms with Crippen LogP contribution in [0.3, 0.4) is 0 Å². The van der Waals surface area contributed by atoms with Gasteiger partial charge in [-0.25, -0.2) is 13.1 Å². The van der Waals surface area contributed by atoms with Crippen molar-refractivity contribution in [2.45, 2.75) is 17.4 Å². The predicted octanol–water partition coefficient (Wildman–Crippen LogP) is 4.80. The van der Waals surface area contributed by atoms with Crippen molar-refractivity contribution in [3.05, 3.63) is 105 Å². The Morgan fingerprint density at radius 3 is 2.23 bits per heavy atom. The third-order valence-corrected chi connectivity index (χ3v) is 7.21. The van der Waals surface area contributed by atoms with Crippen LogP contribution in [0.5, 0.6) is 0 Å². The second-order valence-corrected chi connectivity index (χ2v) is 10.2. The predicted molar refractivity (Wildman–Crippen MR) is 131 cm³/mol. The largest absolute Gasteiger partial charge is 0.271 e. The second kappa shape index (κ2) is 9.43. The summed E-state index contributed by atoms with van der Waals surface area (Å²) in [6.07, 6.45) is 0.414. The molecule has 1 aromatic heterocycles. The Hall–Kier alpha value is -2.34. The van der Waals surface area contributed by atoms with E-state index in [1.54, 1.807) is 34.9 Å². The normalized spacial score (nSPS) is 12.5. The molecule has 0 unspecified atom stereocenters. The van der Waals surface area contributed by atoms with Crippen LogP contribution in [0.15, 0.2) is 89.8 Å². The third kappa shape index (κ3) is 5.12. The van der Waals surface area contributed by atoms with Crippen molar-refractivity contribution in [3.8, 4) is 5.69 Å². The number of rotatable bonds is 7. The Morgan fingerprint density at radius 1 is 0.968 bits per heavy atom. The molecule has 0 aliphatic carbocycles. The topological polar surface area (TPSA) is 79.8 Å². The molecule has 4 aromatic rings. The van der Waals surface area contributed by atoms with Crippen molar-refractivity contribution in [2.24, 2.45) is 0 Å². The van der Waals surface area contributed by atoms with Gasteiger partial charge in [0.15, 0.2) is 10.6 Å². The minimum absolute atomic E-state index is 0.197. The molecule has 0 aliphatic heterocycles. The fraction of sp³-hybridized carbons (Fsp3) is 0.0909. The average Bonchev–Trinajstić information content (AvgIpc) is 3.16. The number of halogens is 1. The number of benzene rings is 3. The molecule has 0 aliphatic rings. The van der Waals surface area contributed by atoms with E-state index in [0.29, 0.717) is 17.0 Å². The summed E-state index contributed by atoms with van der Waals surface area (Å²) in [6, 6.07) is 25.2. The van der Waals surface area contributed by atoms with Crippen LogP contribution in [0.4, 0.5) is 0 Å². The van der Waals surface area contributed by atoms with Gasteiger partial charge in [-0.3, -0.25) is 9.67 Å². The lowest BCUT2D eigenvalue weighted by Gasteiger charge is -2.19. The average molecular weight is 562 g/mol. The van der Waals surface area contributed by atoms with E-state index < -0.39 is 16.1 Å². The van der Waals surface area contributed by atoms with Crippen molar-refractivity contribution in [3.63, 3.8) is 0 Å². The summed E-state index contributed by atoms with van der Waals surface area (Å²) in [7, 11) is -3.78. The van der Waals surface area contributed by atoms with Gasteiger partial charge in [0.2, 0.25) is 10.0 Å². The molecule has 31 heavy (non-hydrogen) atoms. The molecule has 0 saturated carbocycles. The molecule has 0 amide bonds. The zero-order valence-corrected chi connectivity index (χ0v) is 20.1. The lowest BCUT2D eigenvalue weighted by Crippen LogP contribution is -2.32. The summed E-state index contributed by atoms with van der Waals surface area (Å²) in [5.74, 6) is 0.495. The van der Waals surface area contributed by atoms with Crippen LogP contribution in [-0.4, -0.2) is 23.2 Å². The molecule has 1 heterocycles. The highest BCUT2D eigenvalue weighted by atomic mass is 127. The van der Waals surface area contributed by atoms with E-state index >= 15 is 0 Å². The Bertz CT molecular complexity index is 1320. The van der Waals surface area contributed by atoms with Crippen LogP contribution in [0, 0.1) is 8.34 Å². The first-order chi connectivity index (χ1) is 14.9. The van der Waals surface area contributed by atoms with Gasteiger partial charge in [-0.15, -0.1) is 0 Å². The van der Waals surface area contributed by atoms with Crippen LogP contribution >= 0.6 is 34.8 Å². The quantitative estimate of drug-likeness (QED) is 0.251. The minimum Gasteiger partial charge on any atom is -0.271 e. The van der Waals surface area contributed by atoms with E-state index in [9.17, 15) is 8.42 Å². The molecule has 0 radical (unpaired) electrons. The smallest absolute Gasteiger partial charge is 0.241 e. The van der Waals surface area contributed by atoms with E-state index in [-0.39, 0.29) is 4.90 Å². The van der Waals surface area contributed by atoms with Crippen molar-refractivity contribution < 1.29 is 8.42 Å². The van der Waals surface area contributed by atoms with E-state index in [1.165, 1.54) is 0 Å². The Morgan fingerprint density at radius 2 is 1.58 bits per heavy atom. The molecule has 0 bridgehead atoms. The van der Waals surface area contributed by atoms with Crippen LogP contribution < -0.4 is 4.72 Å². The summed E-state index contributed by atoms with van der Waals surface area (Å²) in [6.45, 7) is 0. The van der Waals surface area contributed by atoms with Gasteiger partial charge in [0.1, 0.15) is 0 Å². The van der Waals surface area contributed by atoms with Crippen LogP contribution in [0.25, 0.3) is 5.69 Å². The zero-order valence-electron chi connectivity index (χ0n) is 16.3. The van der Waals surface area contributed by atoms with Gasteiger partial charge in [-0.05, 0) is 83.2 Å². The lowest BCUT2D eigenvalue weighted by atomic mass is 10.1. The molecule has 158 valence electrons. The van der Waals surface area contributed by atoms with Gasteiger partial charge in [0.25, 0.3) is 0 Å². The van der Waals surface area contributed by atoms with Crippen LogP contribution in [0.1, 0.15) is 17.4 Å². The third-order valence-electron chi connectivity index (χ3n) is 4.73. The van der Waals surface area contributed by atoms with Gasteiger partial charge in [0, 0.05) is 9.26 Å². The first-order valence-corrected chi connectivity index (χ1v) is 12.5. The zero-order chi connectivity index (χ0) is 21.8. The summed E-state index contributed by atoms with van der Waals surface area (Å²) < 4.78 is 32.3. The molecular weight excluding hydrogens is 543 g/mol. The number of hydrogen-bond acceptors (Lipinski definition) is 4. The Kier molecular flexibility index (Phi) is 6.65. The lowest BCUT2D eigenvalue weighted by molar-refractivity contribution is 0.538. The van der Waals surface area contributed by atoms with Gasteiger partial charge in [-0.1, -0.05) is 48.5 Å². The highest BCUT2D eigenvalue weighted by Crippen LogP contribution is 2.24. The molecule has 0 spiro atoms. The SMILES string of the molecule is O=S(=O)(N[C@@H](Cc1ccccc1)c1n[nH]c(=S)n1-c1ccc(I)cc1)c1ccccc1. The molecular formula is C22H19IN4O2S2. The number of nitrogens with one attached hydrogen (secondary N) is 2. The summed E-state index contributed by atoms with van der Waals surface area (Å²) in [5, 5.41) is 7.23. The maximum absolute atomic E-state index is 13.1. The van der Waals surface area contributed by atoms with E-state index in [2.05, 4.69) is 37.5 Å². The minimum atomic E-state index is -3.78. The molecule has 0 saturated heterocycles. The van der Waals surface area contributed by atoms with E-state index in [1.807, 2.05) is 54.6 Å². The van der Waals surface area contributed by atoms with Gasteiger partial charge >= 0.3 is 0 Å². The molecule has 0 fully saturated rings. The molecule has 4 rings (SSSR count). The summed E-state index contributed by atoms with van der Waals surface area (Å²) >= 11 is 7.71. The van der Waals surface area contributed by atoms with E-state index in [4.69, 9.17) is 12.2 Å². The number of aromatic amines is 1. The monoisotopic (exact) mass is 562 g/mol. The number of sulfonamides is 1. The summed E-state index contributed by atoms with van der Waals surface area (Å²) in [4.78, 5) is 0.197. The van der Waals surface area contributed by atoms with Crippen molar-refractivity contribution in [2.75, 3.05) is 0 Å². The fourth-order valence-corrected chi connectivity index (χ4v) is 5.09. The van der Waals surface area contributed by atoms with Gasteiger partial charge in [0.05, 0.1) is 10.9 Å². The number of H-pyrrole nitrogens is 1. The standard InChI is InChI=1S/C22H19IN4O2S2/c23-17-11-13-18(14-12-17)27-21(24-25-22(27)30)20(15-16-7-3-1-4-8-16)26-31(28,29)19-9-5-2-6-10-19/h1-14,20,26H,15H2,(H,25,30)/t20-/m0/s1. The maximum atomic E-state index is 13.1. The number of hydrogen-bond donors (Lipinski definition) is 2. The van der Waals surface area contributed by atoms with Crippen LogP contribution in [0.2, 0.25) is 0 Å². The maximum Gasteiger partial charge on any atom is 0.241 e. The molecule has 3 aromatic carbocycles. The highest BCUT2D eigenvalue weighted by molar-refractivity contribution is 14.1. The van der Waals surface area contributed by atoms with Gasteiger partial charge < -0.3 is 0 Å².